The van der Waals surface area contributed by atoms with Gasteiger partial charge in [0.15, 0.2) is 0 Å². The maximum Gasteiger partial charge on any atom is 0.330 e. The summed E-state index contributed by atoms with van der Waals surface area (Å²) in [5, 5.41) is 1.02. The molecule has 1 aliphatic heterocycles. The summed E-state index contributed by atoms with van der Waals surface area (Å²) < 4.78 is 4.92. The van der Waals surface area contributed by atoms with Crippen LogP contribution in [0.15, 0.2) is 12.7 Å². The van der Waals surface area contributed by atoms with Crippen molar-refractivity contribution in [3.63, 3.8) is 0 Å². The average molecular weight is 270 g/mol. The van der Waals surface area contributed by atoms with E-state index in [4.69, 9.17) is 4.74 Å². The van der Waals surface area contributed by atoms with Crippen molar-refractivity contribution in [2.24, 2.45) is 0 Å². The molecule has 1 saturated heterocycles. The Kier molecular flexibility index (Phi) is 9.09. The lowest BCUT2D eigenvalue weighted by Crippen LogP contribution is -2.01. The van der Waals surface area contributed by atoms with Crippen LogP contribution in [-0.2, 0) is 9.53 Å². The van der Waals surface area contributed by atoms with Crippen LogP contribution in [0.4, 0.5) is 0 Å². The highest BCUT2D eigenvalue weighted by Crippen LogP contribution is 2.34. The van der Waals surface area contributed by atoms with E-state index in [0.717, 1.165) is 11.7 Å². The van der Waals surface area contributed by atoms with E-state index in [-0.39, 0.29) is 5.97 Å². The van der Waals surface area contributed by atoms with Crippen LogP contribution in [0.1, 0.15) is 57.8 Å². The van der Waals surface area contributed by atoms with Gasteiger partial charge in [0.1, 0.15) is 0 Å². The third-order valence-corrected chi connectivity index (χ3v) is 4.27. The van der Waals surface area contributed by atoms with E-state index in [1.54, 1.807) is 0 Å². The van der Waals surface area contributed by atoms with Crippen LogP contribution in [0, 0.1) is 0 Å². The van der Waals surface area contributed by atoms with Crippen LogP contribution in [0.5, 0.6) is 0 Å². The highest BCUT2D eigenvalue weighted by molar-refractivity contribution is 8.06. The van der Waals surface area contributed by atoms with Crippen LogP contribution < -0.4 is 0 Å². The number of thioether (sulfide) groups is 1. The molecule has 0 amide bonds. The topological polar surface area (TPSA) is 26.3 Å². The minimum Gasteiger partial charge on any atom is -0.463 e. The van der Waals surface area contributed by atoms with E-state index in [1.807, 2.05) is 0 Å². The maximum absolute atomic E-state index is 10.8. The van der Waals surface area contributed by atoms with Gasteiger partial charge >= 0.3 is 5.97 Å². The van der Waals surface area contributed by atoms with Crippen molar-refractivity contribution in [2.75, 3.05) is 12.4 Å². The number of carbonyl (C=O) groups excluding carboxylic acids is 1. The lowest BCUT2D eigenvalue weighted by atomic mass is 10.1. The summed E-state index contributed by atoms with van der Waals surface area (Å²) in [6.45, 7) is 3.91. The summed E-state index contributed by atoms with van der Waals surface area (Å²) in [7, 11) is 0. The van der Waals surface area contributed by atoms with Crippen LogP contribution in [0.25, 0.3) is 0 Å². The Labute approximate surface area is 116 Å². The lowest BCUT2D eigenvalue weighted by Gasteiger charge is -2.03. The first-order valence-corrected chi connectivity index (χ1v) is 8.28. The minimum absolute atomic E-state index is 0.302. The maximum atomic E-state index is 10.8. The summed E-state index contributed by atoms with van der Waals surface area (Å²) in [6.07, 6.45) is 13.0. The molecule has 0 N–H and O–H groups in total. The molecule has 0 bridgehead atoms. The first-order valence-electron chi connectivity index (χ1n) is 7.23. The van der Waals surface area contributed by atoms with Gasteiger partial charge in [-0.05, 0) is 12.8 Å². The van der Waals surface area contributed by atoms with Crippen molar-refractivity contribution in [3.05, 3.63) is 12.7 Å². The van der Waals surface area contributed by atoms with Gasteiger partial charge in [0, 0.05) is 17.1 Å². The van der Waals surface area contributed by atoms with Gasteiger partial charge in [0.05, 0.1) is 6.61 Å². The van der Waals surface area contributed by atoms with Crippen LogP contribution >= 0.6 is 11.8 Å². The number of unbranched alkanes of at least 4 members (excludes halogenated alkanes) is 7. The molecule has 0 aliphatic carbocycles. The standard InChI is InChI=1S/C15H26O2S/c1-2-15(16)17-12-10-8-6-4-3-5-7-9-11-14-13-18-14/h2,14H,1,3-13H2. The summed E-state index contributed by atoms with van der Waals surface area (Å²) >= 11 is 2.11. The van der Waals surface area contributed by atoms with Crippen molar-refractivity contribution in [3.8, 4) is 0 Å². The summed E-state index contributed by atoms with van der Waals surface area (Å²) in [5.41, 5.74) is 0. The van der Waals surface area contributed by atoms with Gasteiger partial charge in [0.2, 0.25) is 0 Å². The second-order valence-corrected chi connectivity index (χ2v) is 6.28. The second kappa shape index (κ2) is 10.5. The summed E-state index contributed by atoms with van der Waals surface area (Å²) in [6, 6.07) is 0. The fourth-order valence-electron chi connectivity index (χ4n) is 2.00. The Morgan fingerprint density at radius 2 is 1.67 bits per heavy atom. The molecule has 0 spiro atoms. The van der Waals surface area contributed by atoms with Crippen molar-refractivity contribution in [2.45, 2.75) is 63.0 Å². The molecule has 1 aliphatic rings. The van der Waals surface area contributed by atoms with E-state index < -0.39 is 0 Å². The molecule has 1 unspecified atom stereocenters. The van der Waals surface area contributed by atoms with E-state index >= 15 is 0 Å². The number of esters is 1. The SMILES string of the molecule is C=CC(=O)OCCCCCCCCCCC1CS1. The van der Waals surface area contributed by atoms with Crippen LogP contribution in [0.3, 0.4) is 0 Å². The van der Waals surface area contributed by atoms with Gasteiger partial charge in [-0.25, -0.2) is 4.79 Å². The number of ether oxygens (including phenoxy) is 1. The van der Waals surface area contributed by atoms with Crippen molar-refractivity contribution < 1.29 is 9.53 Å². The zero-order valence-corrected chi connectivity index (χ0v) is 12.2. The van der Waals surface area contributed by atoms with Crippen molar-refractivity contribution in [1.29, 1.82) is 0 Å². The number of hydrogen-bond donors (Lipinski definition) is 0. The lowest BCUT2D eigenvalue weighted by molar-refractivity contribution is -0.137. The molecule has 0 aromatic rings. The average Bonchev–Trinajstić information content (AvgIpc) is 3.19. The summed E-state index contributed by atoms with van der Waals surface area (Å²) in [5.74, 6) is 1.11. The Morgan fingerprint density at radius 1 is 1.11 bits per heavy atom. The van der Waals surface area contributed by atoms with Gasteiger partial charge in [-0.3, -0.25) is 0 Å². The number of carbonyl (C=O) groups is 1. The molecule has 1 rings (SSSR count). The largest absolute Gasteiger partial charge is 0.463 e. The van der Waals surface area contributed by atoms with Crippen LogP contribution in [-0.4, -0.2) is 23.6 Å². The predicted octanol–water partition coefficient (Wildman–Crippen LogP) is 4.34. The Morgan fingerprint density at radius 3 is 2.22 bits per heavy atom. The van der Waals surface area contributed by atoms with E-state index in [0.29, 0.717) is 6.61 Å². The fourth-order valence-corrected chi connectivity index (χ4v) is 2.64. The minimum atomic E-state index is -0.302. The molecule has 2 nitrogen and oxygen atoms in total. The Balaban J connectivity index is 1.67. The predicted molar refractivity (Wildman–Crippen MR) is 79.0 cm³/mol. The molecule has 1 atom stereocenters. The van der Waals surface area contributed by atoms with Crippen LogP contribution in [0.2, 0.25) is 0 Å². The molecule has 18 heavy (non-hydrogen) atoms. The molecule has 0 saturated carbocycles. The van der Waals surface area contributed by atoms with E-state index in [2.05, 4.69) is 18.3 Å². The quantitative estimate of drug-likeness (QED) is 0.228. The van der Waals surface area contributed by atoms with E-state index in [1.165, 1.54) is 63.2 Å². The molecule has 0 aromatic heterocycles. The van der Waals surface area contributed by atoms with Crippen molar-refractivity contribution >= 4 is 17.7 Å². The van der Waals surface area contributed by atoms with Crippen molar-refractivity contribution in [1.82, 2.24) is 0 Å². The molecule has 3 heteroatoms. The zero-order chi connectivity index (χ0) is 13.1. The first-order chi connectivity index (χ1) is 8.83. The van der Waals surface area contributed by atoms with Gasteiger partial charge in [0.25, 0.3) is 0 Å². The normalized spacial score (nSPS) is 17.4. The summed E-state index contributed by atoms with van der Waals surface area (Å²) in [4.78, 5) is 10.8. The molecule has 104 valence electrons. The molecule has 0 radical (unpaired) electrons. The second-order valence-electron chi connectivity index (χ2n) is 4.94. The molecular weight excluding hydrogens is 244 g/mol. The smallest absolute Gasteiger partial charge is 0.330 e. The van der Waals surface area contributed by atoms with Gasteiger partial charge in [-0.1, -0.05) is 51.5 Å². The Hall–Kier alpha value is -0.440. The fraction of sp³-hybridized carbons (Fsp3) is 0.800. The highest BCUT2D eigenvalue weighted by Gasteiger charge is 2.20. The number of hydrogen-bond acceptors (Lipinski definition) is 3. The third kappa shape index (κ3) is 9.58. The molecule has 1 fully saturated rings. The first kappa shape index (κ1) is 15.6. The van der Waals surface area contributed by atoms with Gasteiger partial charge in [-0.15, -0.1) is 0 Å². The zero-order valence-electron chi connectivity index (χ0n) is 11.4. The number of rotatable bonds is 12. The molecule has 1 heterocycles. The van der Waals surface area contributed by atoms with E-state index in [9.17, 15) is 4.79 Å². The third-order valence-electron chi connectivity index (χ3n) is 3.23. The van der Waals surface area contributed by atoms with Gasteiger partial charge in [-0.2, -0.15) is 11.8 Å². The molecule has 0 aromatic carbocycles. The highest BCUT2D eigenvalue weighted by atomic mass is 32.2. The Bertz CT molecular complexity index is 237. The molecular formula is C15H26O2S. The monoisotopic (exact) mass is 270 g/mol. The van der Waals surface area contributed by atoms with Gasteiger partial charge < -0.3 is 4.74 Å².